The fourth-order valence-electron chi connectivity index (χ4n) is 3.55. The Bertz CT molecular complexity index is 439. The topological polar surface area (TPSA) is 15.3 Å². The van der Waals surface area contributed by atoms with Crippen molar-refractivity contribution < 1.29 is 4.39 Å². The van der Waals surface area contributed by atoms with E-state index in [9.17, 15) is 4.39 Å². The molecule has 0 radical (unpaired) electrons. The van der Waals surface area contributed by atoms with Gasteiger partial charge in [-0.3, -0.25) is 0 Å². The van der Waals surface area contributed by atoms with Crippen LogP contribution in [0.15, 0.2) is 18.2 Å². The number of halogens is 1. The zero-order chi connectivity index (χ0) is 13.8. The SMILES string of the molecule is Fc1ccc2c(c1)CCC2NCCN1CCCCCC1. The normalized spacial score (nSPS) is 23.6. The second kappa shape index (κ2) is 6.68. The molecule has 1 aromatic rings. The van der Waals surface area contributed by atoms with Crippen LogP contribution in [0, 0.1) is 5.82 Å². The van der Waals surface area contributed by atoms with Crippen LogP contribution in [0.1, 0.15) is 49.3 Å². The average Bonchev–Trinajstić information content (AvgIpc) is 2.67. The first-order valence-corrected chi connectivity index (χ1v) is 8.07. The Morgan fingerprint density at radius 2 is 1.95 bits per heavy atom. The fourth-order valence-corrected chi connectivity index (χ4v) is 3.55. The van der Waals surface area contributed by atoms with E-state index in [0.717, 1.165) is 25.9 Å². The van der Waals surface area contributed by atoms with Gasteiger partial charge in [0.2, 0.25) is 0 Å². The van der Waals surface area contributed by atoms with E-state index >= 15 is 0 Å². The summed E-state index contributed by atoms with van der Waals surface area (Å²) in [5.41, 5.74) is 2.50. The Labute approximate surface area is 121 Å². The number of hydrogen-bond acceptors (Lipinski definition) is 2. The van der Waals surface area contributed by atoms with Crippen LogP contribution >= 0.6 is 0 Å². The van der Waals surface area contributed by atoms with Crippen LogP contribution in [0.2, 0.25) is 0 Å². The van der Waals surface area contributed by atoms with Crippen LogP contribution in [0.4, 0.5) is 4.39 Å². The first-order valence-electron chi connectivity index (χ1n) is 8.07. The number of likely N-dealkylation sites (tertiary alicyclic amines) is 1. The van der Waals surface area contributed by atoms with Crippen molar-refractivity contribution in [2.45, 2.75) is 44.6 Å². The lowest BCUT2D eigenvalue weighted by Gasteiger charge is -2.21. The lowest BCUT2D eigenvalue weighted by atomic mass is 10.1. The number of nitrogens with one attached hydrogen (secondary N) is 1. The van der Waals surface area contributed by atoms with E-state index in [1.54, 1.807) is 12.1 Å². The minimum atomic E-state index is -0.103. The predicted octanol–water partition coefficient (Wildman–Crippen LogP) is 3.28. The molecule has 1 N–H and O–H groups in total. The van der Waals surface area contributed by atoms with Crippen LogP contribution in [0.25, 0.3) is 0 Å². The Kier molecular flexibility index (Phi) is 4.69. The van der Waals surface area contributed by atoms with E-state index in [2.05, 4.69) is 10.2 Å². The lowest BCUT2D eigenvalue weighted by molar-refractivity contribution is 0.279. The zero-order valence-electron chi connectivity index (χ0n) is 12.2. The van der Waals surface area contributed by atoms with Gasteiger partial charge in [-0.1, -0.05) is 18.9 Å². The molecule has 1 unspecified atom stereocenters. The Morgan fingerprint density at radius 3 is 2.75 bits per heavy atom. The van der Waals surface area contributed by atoms with E-state index in [4.69, 9.17) is 0 Å². The minimum absolute atomic E-state index is 0.103. The number of aryl methyl sites for hydroxylation is 1. The van der Waals surface area contributed by atoms with E-state index in [1.165, 1.54) is 49.9 Å². The first-order chi connectivity index (χ1) is 9.83. The molecule has 1 fully saturated rings. The Balaban J connectivity index is 1.48. The van der Waals surface area contributed by atoms with Gasteiger partial charge in [0.15, 0.2) is 0 Å². The molecule has 1 heterocycles. The van der Waals surface area contributed by atoms with E-state index in [1.807, 2.05) is 6.07 Å². The second-order valence-electron chi connectivity index (χ2n) is 6.14. The smallest absolute Gasteiger partial charge is 0.123 e. The largest absolute Gasteiger partial charge is 0.309 e. The molecule has 0 saturated carbocycles. The molecule has 3 rings (SSSR count). The number of rotatable bonds is 4. The summed E-state index contributed by atoms with van der Waals surface area (Å²) in [7, 11) is 0. The van der Waals surface area contributed by atoms with Gasteiger partial charge < -0.3 is 10.2 Å². The van der Waals surface area contributed by atoms with Gasteiger partial charge in [-0.15, -0.1) is 0 Å². The van der Waals surface area contributed by atoms with Crippen molar-refractivity contribution in [3.63, 3.8) is 0 Å². The zero-order valence-corrected chi connectivity index (χ0v) is 12.2. The van der Waals surface area contributed by atoms with Gasteiger partial charge >= 0.3 is 0 Å². The summed E-state index contributed by atoms with van der Waals surface area (Å²) in [6, 6.07) is 5.68. The summed E-state index contributed by atoms with van der Waals surface area (Å²) in [6.07, 6.45) is 7.61. The molecule has 0 amide bonds. The third kappa shape index (κ3) is 3.39. The highest BCUT2D eigenvalue weighted by Gasteiger charge is 2.22. The number of nitrogens with zero attached hydrogens (tertiary/aromatic N) is 1. The molecular weight excluding hydrogens is 251 g/mol. The van der Waals surface area contributed by atoms with Crippen molar-refractivity contribution >= 4 is 0 Å². The summed E-state index contributed by atoms with van der Waals surface area (Å²) in [5, 5.41) is 3.66. The average molecular weight is 276 g/mol. The van der Waals surface area contributed by atoms with Crippen molar-refractivity contribution in [2.75, 3.05) is 26.2 Å². The first kappa shape index (κ1) is 14.0. The van der Waals surface area contributed by atoms with Crippen LogP contribution < -0.4 is 5.32 Å². The molecule has 0 aromatic heterocycles. The molecule has 2 nitrogen and oxygen atoms in total. The van der Waals surface area contributed by atoms with Crippen LogP contribution in [0.3, 0.4) is 0 Å². The summed E-state index contributed by atoms with van der Waals surface area (Å²) in [5.74, 6) is -0.103. The Hall–Kier alpha value is -0.930. The molecule has 1 aliphatic heterocycles. The maximum absolute atomic E-state index is 13.2. The van der Waals surface area contributed by atoms with E-state index in [-0.39, 0.29) is 5.82 Å². The summed E-state index contributed by atoms with van der Waals surface area (Å²) in [6.45, 7) is 4.71. The van der Waals surface area contributed by atoms with Crippen LogP contribution in [-0.4, -0.2) is 31.1 Å². The highest BCUT2D eigenvalue weighted by atomic mass is 19.1. The molecule has 110 valence electrons. The van der Waals surface area contributed by atoms with Gasteiger partial charge in [-0.2, -0.15) is 0 Å². The molecule has 2 aliphatic rings. The van der Waals surface area contributed by atoms with Gasteiger partial charge in [0.1, 0.15) is 5.82 Å². The van der Waals surface area contributed by atoms with Crippen LogP contribution in [0.5, 0.6) is 0 Å². The van der Waals surface area contributed by atoms with Crippen molar-refractivity contribution in [2.24, 2.45) is 0 Å². The highest BCUT2D eigenvalue weighted by molar-refractivity contribution is 5.34. The summed E-state index contributed by atoms with van der Waals surface area (Å²) < 4.78 is 13.2. The third-order valence-corrected chi connectivity index (χ3v) is 4.70. The van der Waals surface area contributed by atoms with E-state index in [0.29, 0.717) is 6.04 Å². The van der Waals surface area contributed by atoms with Gasteiger partial charge in [-0.25, -0.2) is 4.39 Å². The number of benzene rings is 1. The number of fused-ring (bicyclic) bond motifs is 1. The minimum Gasteiger partial charge on any atom is -0.309 e. The lowest BCUT2D eigenvalue weighted by Crippen LogP contribution is -2.34. The van der Waals surface area contributed by atoms with Crippen molar-refractivity contribution in [3.05, 3.63) is 35.1 Å². The molecule has 0 spiro atoms. The monoisotopic (exact) mass is 276 g/mol. The molecule has 20 heavy (non-hydrogen) atoms. The molecule has 3 heteroatoms. The molecule has 1 aromatic carbocycles. The van der Waals surface area contributed by atoms with Gasteiger partial charge in [0, 0.05) is 19.1 Å². The van der Waals surface area contributed by atoms with Crippen molar-refractivity contribution in [1.29, 1.82) is 0 Å². The predicted molar refractivity (Wildman–Crippen MR) is 80.4 cm³/mol. The summed E-state index contributed by atoms with van der Waals surface area (Å²) in [4.78, 5) is 2.58. The van der Waals surface area contributed by atoms with Gasteiger partial charge in [0.05, 0.1) is 0 Å². The maximum atomic E-state index is 13.2. The van der Waals surface area contributed by atoms with E-state index < -0.39 is 0 Å². The summed E-state index contributed by atoms with van der Waals surface area (Å²) >= 11 is 0. The Morgan fingerprint density at radius 1 is 1.15 bits per heavy atom. The molecule has 0 bridgehead atoms. The van der Waals surface area contributed by atoms with Crippen molar-refractivity contribution in [1.82, 2.24) is 10.2 Å². The molecule has 1 atom stereocenters. The third-order valence-electron chi connectivity index (χ3n) is 4.70. The van der Waals surface area contributed by atoms with Gasteiger partial charge in [-0.05, 0) is 62.0 Å². The molecule has 1 aliphatic carbocycles. The molecular formula is C17H25FN2. The van der Waals surface area contributed by atoms with Gasteiger partial charge in [0.25, 0.3) is 0 Å². The quantitative estimate of drug-likeness (QED) is 0.908. The standard InChI is InChI=1S/C17H25FN2/c18-15-6-7-16-14(13-15)5-8-17(16)19-9-12-20-10-3-1-2-4-11-20/h6-7,13,17,19H,1-5,8-12H2. The van der Waals surface area contributed by atoms with Crippen molar-refractivity contribution in [3.8, 4) is 0 Å². The van der Waals surface area contributed by atoms with Crippen LogP contribution in [-0.2, 0) is 6.42 Å². The fraction of sp³-hybridized carbons (Fsp3) is 0.647. The molecule has 1 saturated heterocycles. The maximum Gasteiger partial charge on any atom is 0.123 e. The number of hydrogen-bond donors (Lipinski definition) is 1. The highest BCUT2D eigenvalue weighted by Crippen LogP contribution is 2.31. The second-order valence-corrected chi connectivity index (χ2v) is 6.14.